The molecule has 0 amide bonds. The molecule has 3 aliphatic rings. The largest absolute Gasteiger partial charge is 0.391 e. The van der Waals surface area contributed by atoms with E-state index in [1.807, 2.05) is 0 Å². The van der Waals surface area contributed by atoms with E-state index in [0.29, 0.717) is 12.0 Å². The van der Waals surface area contributed by atoms with Crippen LogP contribution in [-0.4, -0.2) is 35.2 Å². The Morgan fingerprint density at radius 2 is 1.82 bits per heavy atom. The van der Waals surface area contributed by atoms with E-state index >= 15 is 0 Å². The summed E-state index contributed by atoms with van der Waals surface area (Å²) in [4.78, 5) is 2.48. The van der Waals surface area contributed by atoms with Gasteiger partial charge in [0.25, 0.3) is 0 Å². The van der Waals surface area contributed by atoms with Gasteiger partial charge in [-0.25, -0.2) is 0 Å². The molecule has 92 valence electrons. The highest BCUT2D eigenvalue weighted by atomic mass is 16.3. The monoisotopic (exact) mass is 231 g/mol. The number of hydrogen-bond acceptors (Lipinski definition) is 2. The lowest BCUT2D eigenvalue weighted by Gasteiger charge is -2.49. The molecule has 1 aromatic carbocycles. The average molecular weight is 231 g/mol. The number of benzene rings is 1. The number of aryl methyl sites for hydroxylation is 1. The van der Waals surface area contributed by atoms with Gasteiger partial charge in [0.2, 0.25) is 0 Å². The molecule has 3 heterocycles. The second-order valence-electron chi connectivity index (χ2n) is 5.62. The van der Waals surface area contributed by atoms with E-state index < -0.39 is 0 Å². The van der Waals surface area contributed by atoms with Gasteiger partial charge in [-0.2, -0.15) is 0 Å². The number of rotatable bonds is 2. The first-order valence-electron chi connectivity index (χ1n) is 6.72. The van der Waals surface area contributed by atoms with E-state index in [0.717, 1.165) is 6.42 Å². The third kappa shape index (κ3) is 2.12. The summed E-state index contributed by atoms with van der Waals surface area (Å²) in [5.41, 5.74) is 2.66. The van der Waals surface area contributed by atoms with E-state index in [4.69, 9.17) is 0 Å². The first kappa shape index (κ1) is 11.2. The molecule has 17 heavy (non-hydrogen) atoms. The molecule has 2 nitrogen and oxygen atoms in total. The highest BCUT2D eigenvalue weighted by molar-refractivity contribution is 5.22. The molecule has 1 aromatic rings. The van der Waals surface area contributed by atoms with Gasteiger partial charge in [0.05, 0.1) is 6.10 Å². The van der Waals surface area contributed by atoms with Gasteiger partial charge in [0.1, 0.15) is 0 Å². The summed E-state index contributed by atoms with van der Waals surface area (Å²) in [6.45, 7) is 4.47. The van der Waals surface area contributed by atoms with Crippen LogP contribution in [0.25, 0.3) is 0 Å². The van der Waals surface area contributed by atoms with Crippen LogP contribution in [0.3, 0.4) is 0 Å². The van der Waals surface area contributed by atoms with Crippen LogP contribution in [0.2, 0.25) is 0 Å². The lowest BCUT2D eigenvalue weighted by Crippen LogP contribution is -2.58. The zero-order valence-corrected chi connectivity index (χ0v) is 10.5. The van der Waals surface area contributed by atoms with Gasteiger partial charge < -0.3 is 5.11 Å². The molecule has 3 aliphatic heterocycles. The summed E-state index contributed by atoms with van der Waals surface area (Å²) in [5.74, 6) is 0.551. The maximum atomic E-state index is 10.3. The third-order valence-corrected chi connectivity index (χ3v) is 4.49. The van der Waals surface area contributed by atoms with Gasteiger partial charge in [-0.05, 0) is 50.8 Å². The van der Waals surface area contributed by atoms with Gasteiger partial charge in [0, 0.05) is 6.04 Å². The number of hydrogen-bond donors (Lipinski definition) is 1. The minimum Gasteiger partial charge on any atom is -0.391 e. The summed E-state index contributed by atoms with van der Waals surface area (Å²) in [5, 5.41) is 10.3. The lowest BCUT2D eigenvalue weighted by molar-refractivity contribution is -0.0715. The molecule has 3 saturated heterocycles. The molecule has 0 aliphatic carbocycles. The highest BCUT2D eigenvalue weighted by Crippen LogP contribution is 2.33. The van der Waals surface area contributed by atoms with E-state index in [1.54, 1.807) is 0 Å². The molecule has 4 rings (SSSR count). The molecular weight excluding hydrogens is 210 g/mol. The predicted molar refractivity (Wildman–Crippen MR) is 69.0 cm³/mol. The standard InChI is InChI=1S/C15H21NO/c1-11-2-4-12(5-3-11)10-14-15(17)13-6-8-16(14)9-7-13/h2-5,13-15,17H,6-10H2,1H3. The van der Waals surface area contributed by atoms with Crippen LogP contribution in [0.4, 0.5) is 0 Å². The van der Waals surface area contributed by atoms with Gasteiger partial charge in [-0.3, -0.25) is 4.90 Å². The smallest absolute Gasteiger partial charge is 0.0727 e. The number of aliphatic hydroxyl groups is 1. The fourth-order valence-electron chi connectivity index (χ4n) is 3.34. The maximum absolute atomic E-state index is 10.3. The van der Waals surface area contributed by atoms with Crippen LogP contribution < -0.4 is 0 Å². The van der Waals surface area contributed by atoms with E-state index in [-0.39, 0.29) is 6.10 Å². The molecule has 1 N–H and O–H groups in total. The third-order valence-electron chi connectivity index (χ3n) is 4.49. The van der Waals surface area contributed by atoms with Crippen LogP contribution in [0.5, 0.6) is 0 Å². The molecule has 2 heteroatoms. The molecule has 0 spiro atoms. The number of aliphatic hydroxyl groups excluding tert-OH is 1. The van der Waals surface area contributed by atoms with Gasteiger partial charge in [-0.15, -0.1) is 0 Å². The number of piperidine rings is 3. The number of nitrogens with zero attached hydrogens (tertiary/aromatic N) is 1. The Bertz CT molecular complexity index is 376. The first-order chi connectivity index (χ1) is 8.24. The summed E-state index contributed by atoms with van der Waals surface area (Å²) in [6, 6.07) is 9.08. The molecule has 0 aromatic heterocycles. The topological polar surface area (TPSA) is 23.5 Å². The second kappa shape index (κ2) is 4.43. The Kier molecular flexibility index (Phi) is 2.93. The van der Waals surface area contributed by atoms with E-state index in [1.165, 1.54) is 37.1 Å². The van der Waals surface area contributed by atoms with Crippen molar-refractivity contribution in [3.05, 3.63) is 35.4 Å². The summed E-state index contributed by atoms with van der Waals surface area (Å²) in [7, 11) is 0. The van der Waals surface area contributed by atoms with Gasteiger partial charge in [0.15, 0.2) is 0 Å². The SMILES string of the molecule is Cc1ccc(CC2C(O)C3CCN2CC3)cc1. The van der Waals surface area contributed by atoms with Crippen molar-refractivity contribution >= 4 is 0 Å². The van der Waals surface area contributed by atoms with Crippen LogP contribution in [-0.2, 0) is 6.42 Å². The van der Waals surface area contributed by atoms with Crippen molar-refractivity contribution in [3.63, 3.8) is 0 Å². The first-order valence-corrected chi connectivity index (χ1v) is 6.72. The lowest BCUT2D eigenvalue weighted by atomic mass is 9.78. The Balaban J connectivity index is 1.74. The predicted octanol–water partition coefficient (Wildman–Crippen LogP) is 1.99. The van der Waals surface area contributed by atoms with E-state index in [2.05, 4.69) is 36.1 Å². The van der Waals surface area contributed by atoms with Crippen LogP contribution in [0, 0.1) is 12.8 Å². The Morgan fingerprint density at radius 3 is 2.41 bits per heavy atom. The molecular formula is C15H21NO. The summed E-state index contributed by atoms with van der Waals surface area (Å²) < 4.78 is 0. The fraction of sp³-hybridized carbons (Fsp3) is 0.600. The quantitative estimate of drug-likeness (QED) is 0.841. The van der Waals surface area contributed by atoms with Crippen molar-refractivity contribution in [3.8, 4) is 0 Å². The normalized spacial score (nSPS) is 36.1. The molecule has 2 bridgehead atoms. The minimum atomic E-state index is -0.112. The van der Waals surface area contributed by atoms with E-state index in [9.17, 15) is 5.11 Å². The molecule has 2 unspecified atom stereocenters. The number of fused-ring (bicyclic) bond motifs is 3. The molecule has 0 saturated carbocycles. The van der Waals surface area contributed by atoms with Gasteiger partial charge in [-0.1, -0.05) is 29.8 Å². The summed E-state index contributed by atoms with van der Waals surface area (Å²) in [6.07, 6.45) is 3.26. The fourth-order valence-corrected chi connectivity index (χ4v) is 3.34. The highest BCUT2D eigenvalue weighted by Gasteiger charge is 2.40. The maximum Gasteiger partial charge on any atom is 0.0727 e. The average Bonchev–Trinajstić information content (AvgIpc) is 2.37. The van der Waals surface area contributed by atoms with Crippen LogP contribution in [0.15, 0.2) is 24.3 Å². The van der Waals surface area contributed by atoms with Crippen molar-refractivity contribution in [2.75, 3.05) is 13.1 Å². The van der Waals surface area contributed by atoms with Crippen LogP contribution >= 0.6 is 0 Å². The Morgan fingerprint density at radius 1 is 1.18 bits per heavy atom. The second-order valence-corrected chi connectivity index (χ2v) is 5.62. The molecule has 3 fully saturated rings. The molecule has 0 radical (unpaired) electrons. The van der Waals surface area contributed by atoms with Crippen LogP contribution in [0.1, 0.15) is 24.0 Å². The summed E-state index contributed by atoms with van der Waals surface area (Å²) >= 11 is 0. The zero-order chi connectivity index (χ0) is 11.8. The van der Waals surface area contributed by atoms with Crippen molar-refractivity contribution in [2.45, 2.75) is 38.3 Å². The molecule has 2 atom stereocenters. The minimum absolute atomic E-state index is 0.112. The van der Waals surface area contributed by atoms with Crippen molar-refractivity contribution in [1.82, 2.24) is 4.90 Å². The van der Waals surface area contributed by atoms with Crippen molar-refractivity contribution in [2.24, 2.45) is 5.92 Å². The van der Waals surface area contributed by atoms with Crippen molar-refractivity contribution < 1.29 is 5.11 Å². The Labute approximate surface area is 103 Å². The van der Waals surface area contributed by atoms with Crippen molar-refractivity contribution in [1.29, 1.82) is 0 Å². The van der Waals surface area contributed by atoms with Gasteiger partial charge >= 0.3 is 0 Å². The Hall–Kier alpha value is -0.860. The zero-order valence-electron chi connectivity index (χ0n) is 10.5.